The van der Waals surface area contributed by atoms with Gasteiger partial charge in [-0.3, -0.25) is 0 Å². The number of phenolic OH excluding ortho intramolecular Hbond substituents is 1. The van der Waals surface area contributed by atoms with Gasteiger partial charge < -0.3 is 5.11 Å². The van der Waals surface area contributed by atoms with E-state index in [0.29, 0.717) is 23.3 Å². The molecule has 0 aliphatic heterocycles. The van der Waals surface area contributed by atoms with E-state index in [9.17, 15) is 13.9 Å². The lowest BCUT2D eigenvalue weighted by Gasteiger charge is -2.57. The lowest BCUT2D eigenvalue weighted by molar-refractivity contribution is -0.00706. The lowest BCUT2D eigenvalue weighted by atomic mass is 9.48. The van der Waals surface area contributed by atoms with Gasteiger partial charge in [0.2, 0.25) is 5.82 Å². The van der Waals surface area contributed by atoms with Crippen LogP contribution in [0, 0.1) is 29.4 Å². The van der Waals surface area contributed by atoms with E-state index in [1.165, 1.54) is 25.3 Å². The summed E-state index contributed by atoms with van der Waals surface area (Å²) in [6.45, 7) is 0. The van der Waals surface area contributed by atoms with Gasteiger partial charge >= 0.3 is 0 Å². The normalized spacial score (nSPS) is 39.8. The van der Waals surface area contributed by atoms with Crippen LogP contribution in [0.25, 0.3) is 0 Å². The average Bonchev–Trinajstić information content (AvgIpc) is 2.34. The fourth-order valence-electron chi connectivity index (χ4n) is 5.39. The molecule has 0 saturated heterocycles. The molecular formula is C16H18F2O. The van der Waals surface area contributed by atoms with Crippen LogP contribution in [-0.2, 0) is 5.41 Å². The maximum Gasteiger partial charge on any atom is 0.200 e. The molecule has 3 heteroatoms. The molecule has 4 aliphatic rings. The maximum absolute atomic E-state index is 14.2. The first-order chi connectivity index (χ1) is 9.07. The molecule has 1 aromatic carbocycles. The minimum Gasteiger partial charge on any atom is -0.505 e. The van der Waals surface area contributed by atoms with Crippen molar-refractivity contribution in [3.63, 3.8) is 0 Å². The third-order valence-electron chi connectivity index (χ3n) is 5.67. The zero-order chi connectivity index (χ0) is 13.2. The second kappa shape index (κ2) is 3.71. The van der Waals surface area contributed by atoms with Gasteiger partial charge in [0.05, 0.1) is 0 Å². The van der Waals surface area contributed by atoms with Crippen LogP contribution in [0.15, 0.2) is 12.1 Å². The maximum atomic E-state index is 14.2. The Bertz CT molecular complexity index is 503. The van der Waals surface area contributed by atoms with Crippen molar-refractivity contribution in [1.29, 1.82) is 0 Å². The summed E-state index contributed by atoms with van der Waals surface area (Å²) >= 11 is 0. The molecule has 5 rings (SSSR count). The zero-order valence-corrected chi connectivity index (χ0v) is 10.8. The molecule has 0 spiro atoms. The molecule has 0 unspecified atom stereocenters. The zero-order valence-electron chi connectivity index (χ0n) is 10.8. The number of hydrogen-bond donors (Lipinski definition) is 1. The van der Waals surface area contributed by atoms with Crippen LogP contribution in [0.1, 0.15) is 44.1 Å². The molecule has 102 valence electrons. The monoisotopic (exact) mass is 264 g/mol. The Kier molecular flexibility index (Phi) is 2.28. The van der Waals surface area contributed by atoms with Gasteiger partial charge in [0, 0.05) is 0 Å². The number of benzene rings is 1. The predicted octanol–water partition coefficient (Wildman–Crippen LogP) is 4.14. The molecular weight excluding hydrogens is 246 g/mol. The van der Waals surface area contributed by atoms with Crippen LogP contribution in [0.5, 0.6) is 5.75 Å². The smallest absolute Gasteiger partial charge is 0.200 e. The summed E-state index contributed by atoms with van der Waals surface area (Å²) in [4.78, 5) is 0. The van der Waals surface area contributed by atoms with Crippen LogP contribution in [0.3, 0.4) is 0 Å². The van der Waals surface area contributed by atoms with Crippen molar-refractivity contribution in [3.05, 3.63) is 29.3 Å². The minimum atomic E-state index is -1.08. The number of aromatic hydroxyl groups is 1. The molecule has 0 atom stereocenters. The van der Waals surface area contributed by atoms with Gasteiger partial charge in [-0.25, -0.2) is 4.39 Å². The molecule has 4 bridgehead atoms. The molecule has 0 radical (unpaired) electrons. The van der Waals surface area contributed by atoms with E-state index in [1.54, 1.807) is 6.07 Å². The van der Waals surface area contributed by atoms with Crippen LogP contribution < -0.4 is 0 Å². The van der Waals surface area contributed by atoms with E-state index >= 15 is 0 Å². The molecule has 19 heavy (non-hydrogen) atoms. The fourth-order valence-corrected chi connectivity index (χ4v) is 5.39. The molecule has 4 aliphatic carbocycles. The van der Waals surface area contributed by atoms with Crippen molar-refractivity contribution in [2.45, 2.75) is 43.9 Å². The van der Waals surface area contributed by atoms with E-state index in [2.05, 4.69) is 0 Å². The second-order valence-electron chi connectivity index (χ2n) is 6.96. The van der Waals surface area contributed by atoms with E-state index in [4.69, 9.17) is 0 Å². The first-order valence-corrected chi connectivity index (χ1v) is 7.25. The topological polar surface area (TPSA) is 20.2 Å². The second-order valence-corrected chi connectivity index (χ2v) is 6.96. The number of halogens is 2. The highest BCUT2D eigenvalue weighted by Gasteiger charge is 2.52. The average molecular weight is 264 g/mol. The van der Waals surface area contributed by atoms with Crippen LogP contribution in [0.4, 0.5) is 8.78 Å². The number of rotatable bonds is 1. The summed E-state index contributed by atoms with van der Waals surface area (Å²) in [5.74, 6) is -0.381. The first kappa shape index (κ1) is 11.7. The Morgan fingerprint density at radius 2 is 1.42 bits per heavy atom. The van der Waals surface area contributed by atoms with E-state index in [0.717, 1.165) is 19.3 Å². The Balaban J connectivity index is 1.82. The Morgan fingerprint density at radius 1 is 0.895 bits per heavy atom. The standard InChI is InChI=1S/C16H18F2O/c17-14-12(1-2-13(19)15(14)18)16-6-9-3-10(7-16)5-11(4-9)8-16/h1-2,9-11,19H,3-8H2. The van der Waals surface area contributed by atoms with Crippen molar-refractivity contribution in [1.82, 2.24) is 0 Å². The molecule has 0 heterocycles. The predicted molar refractivity (Wildman–Crippen MR) is 67.9 cm³/mol. The molecule has 0 amide bonds. The quantitative estimate of drug-likeness (QED) is 0.808. The van der Waals surface area contributed by atoms with Gasteiger partial charge in [0.1, 0.15) is 0 Å². The van der Waals surface area contributed by atoms with Crippen molar-refractivity contribution < 1.29 is 13.9 Å². The number of phenols is 1. The lowest BCUT2D eigenvalue weighted by Crippen LogP contribution is -2.49. The van der Waals surface area contributed by atoms with Gasteiger partial charge in [-0.05, 0) is 73.3 Å². The fraction of sp³-hybridized carbons (Fsp3) is 0.625. The summed E-state index contributed by atoms with van der Waals surface area (Å²) in [5, 5.41) is 9.29. The highest BCUT2D eigenvalue weighted by atomic mass is 19.2. The summed E-state index contributed by atoms with van der Waals surface area (Å²) in [5.41, 5.74) is 0.356. The number of hydrogen-bond acceptors (Lipinski definition) is 1. The van der Waals surface area contributed by atoms with Crippen molar-refractivity contribution in [2.24, 2.45) is 17.8 Å². The van der Waals surface area contributed by atoms with Crippen LogP contribution in [0.2, 0.25) is 0 Å². The van der Waals surface area contributed by atoms with Gasteiger partial charge in [-0.1, -0.05) is 6.07 Å². The summed E-state index contributed by atoms with van der Waals surface area (Å²) < 4.78 is 27.9. The largest absolute Gasteiger partial charge is 0.505 e. The van der Waals surface area contributed by atoms with Gasteiger partial charge in [0.25, 0.3) is 0 Å². The highest BCUT2D eigenvalue weighted by Crippen LogP contribution is 2.61. The van der Waals surface area contributed by atoms with Gasteiger partial charge in [-0.2, -0.15) is 4.39 Å². The van der Waals surface area contributed by atoms with Crippen LogP contribution in [-0.4, -0.2) is 5.11 Å². The highest BCUT2D eigenvalue weighted by molar-refractivity contribution is 5.36. The molecule has 1 aromatic rings. The molecule has 4 fully saturated rings. The van der Waals surface area contributed by atoms with Gasteiger partial charge in [-0.15, -0.1) is 0 Å². The minimum absolute atomic E-state index is 0.159. The van der Waals surface area contributed by atoms with Gasteiger partial charge in [0.15, 0.2) is 11.6 Å². The van der Waals surface area contributed by atoms with E-state index in [1.807, 2.05) is 0 Å². The Labute approximate surface area is 111 Å². The van der Waals surface area contributed by atoms with E-state index < -0.39 is 17.4 Å². The summed E-state index contributed by atoms with van der Waals surface area (Å²) in [7, 11) is 0. The summed E-state index contributed by atoms with van der Waals surface area (Å²) in [6, 6.07) is 2.92. The molecule has 1 N–H and O–H groups in total. The third kappa shape index (κ3) is 1.56. The van der Waals surface area contributed by atoms with Crippen molar-refractivity contribution >= 4 is 0 Å². The van der Waals surface area contributed by atoms with E-state index in [-0.39, 0.29) is 5.41 Å². The SMILES string of the molecule is Oc1ccc(C23CC4CC(CC(C4)C2)C3)c(F)c1F. The summed E-state index contributed by atoms with van der Waals surface area (Å²) in [6.07, 6.45) is 6.84. The molecule has 4 saturated carbocycles. The third-order valence-corrected chi connectivity index (χ3v) is 5.67. The van der Waals surface area contributed by atoms with Crippen molar-refractivity contribution in [2.75, 3.05) is 0 Å². The Morgan fingerprint density at radius 3 is 1.95 bits per heavy atom. The molecule has 1 nitrogen and oxygen atoms in total. The van der Waals surface area contributed by atoms with Crippen molar-refractivity contribution in [3.8, 4) is 5.75 Å². The van der Waals surface area contributed by atoms with Crippen LogP contribution >= 0.6 is 0 Å². The first-order valence-electron chi connectivity index (χ1n) is 7.25. The molecule has 0 aromatic heterocycles. The Hall–Kier alpha value is -1.12.